The fourth-order valence-electron chi connectivity index (χ4n) is 3.10. The Labute approximate surface area is 144 Å². The average molecular weight is 359 g/mol. The van der Waals surface area contributed by atoms with Crippen LogP contribution in [0.25, 0.3) is 0 Å². The Balaban J connectivity index is 2.44. The van der Waals surface area contributed by atoms with Crippen molar-refractivity contribution in [2.24, 2.45) is 0 Å². The van der Waals surface area contributed by atoms with Gasteiger partial charge in [0, 0.05) is 5.56 Å². The number of alkyl halides is 3. The Morgan fingerprint density at radius 1 is 1.12 bits per heavy atom. The Morgan fingerprint density at radius 2 is 1.72 bits per heavy atom. The standard InChI is InChI=1S/C17H21F3N2O3/c1-2-25-15(24)16(17(18,19)20,22-11-7-4-8-12-22)21-14(23)13-9-5-3-6-10-13/h3,5-6,9-10H,2,4,7-8,11-12H2,1H3,(H,21,23)/p+1/t16-/m0/s1. The van der Waals surface area contributed by atoms with E-state index in [1.165, 1.54) is 19.1 Å². The van der Waals surface area contributed by atoms with E-state index in [4.69, 9.17) is 4.74 Å². The number of rotatable bonds is 5. The Bertz CT molecular complexity index is 601. The van der Waals surface area contributed by atoms with E-state index in [9.17, 15) is 22.8 Å². The first-order valence-electron chi connectivity index (χ1n) is 8.29. The van der Waals surface area contributed by atoms with E-state index in [2.05, 4.69) is 0 Å². The zero-order valence-corrected chi connectivity index (χ0v) is 14.0. The van der Waals surface area contributed by atoms with Gasteiger partial charge in [-0.25, -0.2) is 4.79 Å². The topological polar surface area (TPSA) is 59.8 Å². The van der Waals surface area contributed by atoms with Crippen LogP contribution in [0.5, 0.6) is 0 Å². The lowest BCUT2D eigenvalue weighted by atomic mass is 10.0. The number of esters is 1. The molecule has 2 N–H and O–H groups in total. The Kier molecular flexibility index (Phi) is 6.05. The molecule has 5 nitrogen and oxygen atoms in total. The lowest BCUT2D eigenvalue weighted by Crippen LogP contribution is -3.26. The Hall–Kier alpha value is -2.09. The van der Waals surface area contributed by atoms with E-state index in [0.29, 0.717) is 12.8 Å². The largest absolute Gasteiger partial charge is 0.478 e. The van der Waals surface area contributed by atoms with E-state index in [1.807, 2.05) is 5.32 Å². The van der Waals surface area contributed by atoms with Gasteiger partial charge in [0.25, 0.3) is 5.91 Å². The summed E-state index contributed by atoms with van der Waals surface area (Å²) in [5.41, 5.74) is -3.05. The summed E-state index contributed by atoms with van der Waals surface area (Å²) in [6, 6.07) is 7.53. The predicted octanol–water partition coefficient (Wildman–Crippen LogP) is 1.31. The van der Waals surface area contributed by atoms with Gasteiger partial charge in [0.15, 0.2) is 0 Å². The maximum Gasteiger partial charge on any atom is 0.478 e. The molecule has 2 rings (SSSR count). The minimum atomic E-state index is -4.99. The van der Waals surface area contributed by atoms with Crippen LogP contribution in [0.15, 0.2) is 30.3 Å². The molecule has 1 atom stereocenters. The van der Waals surface area contributed by atoms with Gasteiger partial charge >= 0.3 is 17.8 Å². The van der Waals surface area contributed by atoms with E-state index in [0.717, 1.165) is 6.42 Å². The van der Waals surface area contributed by atoms with Gasteiger partial charge in [-0.15, -0.1) is 0 Å². The molecule has 1 aromatic carbocycles. The fraction of sp³-hybridized carbons (Fsp3) is 0.529. The lowest BCUT2D eigenvalue weighted by Gasteiger charge is -2.41. The highest BCUT2D eigenvalue weighted by atomic mass is 19.4. The van der Waals surface area contributed by atoms with Crippen molar-refractivity contribution < 1.29 is 32.4 Å². The number of nitrogens with one attached hydrogen (secondary N) is 2. The predicted molar refractivity (Wildman–Crippen MR) is 83.9 cm³/mol. The minimum Gasteiger partial charge on any atom is -0.460 e. The third-order valence-electron chi connectivity index (χ3n) is 4.33. The molecule has 0 radical (unpaired) electrons. The number of benzene rings is 1. The van der Waals surface area contributed by atoms with Crippen molar-refractivity contribution in [1.82, 2.24) is 5.32 Å². The molecule has 1 aromatic rings. The summed E-state index contributed by atoms with van der Waals surface area (Å²) in [4.78, 5) is 24.8. The number of hydrogen-bond acceptors (Lipinski definition) is 3. The molecule has 0 saturated carbocycles. The molecule has 1 amide bonds. The van der Waals surface area contributed by atoms with Gasteiger partial charge in [-0.1, -0.05) is 18.2 Å². The van der Waals surface area contributed by atoms with Crippen molar-refractivity contribution in [1.29, 1.82) is 0 Å². The van der Waals surface area contributed by atoms with Gasteiger partial charge in [-0.05, 0) is 38.3 Å². The van der Waals surface area contributed by atoms with Crippen LogP contribution in [0.1, 0.15) is 36.5 Å². The number of ether oxygens (including phenoxy) is 1. The van der Waals surface area contributed by atoms with Crippen molar-refractivity contribution in [2.75, 3.05) is 19.7 Å². The molecule has 0 aliphatic carbocycles. The minimum absolute atomic E-state index is 0.0334. The molecule has 0 bridgehead atoms. The number of halogens is 3. The number of quaternary nitrogens is 1. The molecule has 0 unspecified atom stereocenters. The van der Waals surface area contributed by atoms with Crippen LogP contribution in [0.2, 0.25) is 0 Å². The van der Waals surface area contributed by atoms with Crippen LogP contribution in [-0.4, -0.2) is 43.4 Å². The summed E-state index contributed by atoms with van der Waals surface area (Å²) in [6.45, 7) is 1.50. The fourth-order valence-corrected chi connectivity index (χ4v) is 3.10. The molecule has 1 aliphatic heterocycles. The lowest BCUT2D eigenvalue weighted by molar-refractivity contribution is -0.962. The molecular weight excluding hydrogens is 337 g/mol. The van der Waals surface area contributed by atoms with Gasteiger partial charge in [0.2, 0.25) is 0 Å². The number of amides is 1. The molecule has 0 spiro atoms. The monoisotopic (exact) mass is 359 g/mol. The summed E-state index contributed by atoms with van der Waals surface area (Å²) < 4.78 is 46.9. The molecule has 25 heavy (non-hydrogen) atoms. The second kappa shape index (κ2) is 7.86. The van der Waals surface area contributed by atoms with Crippen molar-refractivity contribution in [3.05, 3.63) is 35.9 Å². The highest BCUT2D eigenvalue weighted by Gasteiger charge is 2.70. The highest BCUT2D eigenvalue weighted by molar-refractivity contribution is 5.97. The summed E-state index contributed by atoms with van der Waals surface area (Å²) in [7, 11) is 0. The molecule has 0 aromatic heterocycles. The number of likely N-dealkylation sites (tertiary alicyclic amines) is 1. The van der Waals surface area contributed by atoms with Crippen LogP contribution < -0.4 is 10.2 Å². The first kappa shape index (κ1) is 19.2. The SMILES string of the molecule is CCOC(=O)[C@](NC(=O)c1ccccc1)([NH+]1CCCCC1)C(F)(F)F. The van der Waals surface area contributed by atoms with E-state index >= 15 is 0 Å². The third kappa shape index (κ3) is 3.95. The molecule has 1 saturated heterocycles. The second-order valence-electron chi connectivity index (χ2n) is 5.95. The molecule has 1 heterocycles. The molecule has 1 fully saturated rings. The summed E-state index contributed by atoms with van der Waals surface area (Å²) in [5, 5.41) is 1.97. The van der Waals surface area contributed by atoms with Gasteiger partial charge in [-0.3, -0.25) is 15.0 Å². The maximum absolute atomic E-state index is 14.1. The van der Waals surface area contributed by atoms with Crippen LogP contribution >= 0.6 is 0 Å². The number of piperidine rings is 1. The van der Waals surface area contributed by atoms with Crippen LogP contribution in [0, 0.1) is 0 Å². The van der Waals surface area contributed by atoms with Gasteiger partial charge < -0.3 is 4.74 Å². The van der Waals surface area contributed by atoms with Crippen LogP contribution in [0.4, 0.5) is 13.2 Å². The normalized spacial score (nSPS) is 18.2. The van der Waals surface area contributed by atoms with E-state index in [1.54, 1.807) is 18.2 Å². The maximum atomic E-state index is 14.1. The Morgan fingerprint density at radius 3 is 2.24 bits per heavy atom. The van der Waals surface area contributed by atoms with Gasteiger partial charge in [0.1, 0.15) is 0 Å². The average Bonchev–Trinajstić information content (AvgIpc) is 2.60. The van der Waals surface area contributed by atoms with E-state index in [-0.39, 0.29) is 30.2 Å². The zero-order valence-electron chi connectivity index (χ0n) is 14.0. The summed E-state index contributed by atoms with van der Waals surface area (Å²) >= 11 is 0. The summed E-state index contributed by atoms with van der Waals surface area (Å²) in [5.74, 6) is -2.42. The highest BCUT2D eigenvalue weighted by Crippen LogP contribution is 2.28. The van der Waals surface area contributed by atoms with Crippen molar-refractivity contribution in [3.8, 4) is 0 Å². The molecule has 1 aliphatic rings. The smallest absolute Gasteiger partial charge is 0.460 e. The molecule has 138 valence electrons. The summed E-state index contributed by atoms with van der Waals surface area (Å²) in [6.07, 6.45) is -3.09. The molecule has 8 heteroatoms. The van der Waals surface area contributed by atoms with Crippen molar-refractivity contribution >= 4 is 11.9 Å². The van der Waals surface area contributed by atoms with Crippen LogP contribution in [0.3, 0.4) is 0 Å². The second-order valence-corrected chi connectivity index (χ2v) is 5.95. The quantitative estimate of drug-likeness (QED) is 0.780. The number of carbonyl (C=O) groups is 2. The third-order valence-corrected chi connectivity index (χ3v) is 4.33. The molecular formula is C17H22F3N2O3+. The van der Waals surface area contributed by atoms with Gasteiger partial charge in [-0.2, -0.15) is 13.2 Å². The number of carbonyl (C=O) groups excluding carboxylic acids is 2. The van der Waals surface area contributed by atoms with Gasteiger partial charge in [0.05, 0.1) is 19.7 Å². The zero-order chi connectivity index (χ0) is 18.5. The van der Waals surface area contributed by atoms with Crippen molar-refractivity contribution in [3.63, 3.8) is 0 Å². The first-order valence-corrected chi connectivity index (χ1v) is 8.29. The van der Waals surface area contributed by atoms with Crippen LogP contribution in [-0.2, 0) is 9.53 Å². The van der Waals surface area contributed by atoms with Crippen molar-refractivity contribution in [2.45, 2.75) is 38.0 Å². The van der Waals surface area contributed by atoms with E-state index < -0.39 is 23.7 Å². The number of hydrogen-bond donors (Lipinski definition) is 2. The first-order chi connectivity index (χ1) is 11.8.